The summed E-state index contributed by atoms with van der Waals surface area (Å²) in [6.07, 6.45) is 1.50. The largest absolute Gasteiger partial charge is 0.397 e. The molecule has 1 aromatic heterocycles. The van der Waals surface area contributed by atoms with Gasteiger partial charge in [-0.3, -0.25) is 19.6 Å². The molecule has 20 heavy (non-hydrogen) atoms. The summed E-state index contributed by atoms with van der Waals surface area (Å²) >= 11 is 5.79. The molecule has 0 radical (unpaired) electrons. The highest BCUT2D eigenvalue weighted by molar-refractivity contribution is 6.34. The Morgan fingerprint density at radius 3 is 2.80 bits per heavy atom. The number of aromatic nitrogens is 2. The summed E-state index contributed by atoms with van der Waals surface area (Å²) < 4.78 is 1.44. The number of nitro benzene ring substituents is 1. The van der Waals surface area contributed by atoms with E-state index in [1.54, 1.807) is 13.1 Å². The molecule has 1 amide bonds. The van der Waals surface area contributed by atoms with Gasteiger partial charge in [0.2, 0.25) is 0 Å². The standard InChI is InChI=1S/C11H10ClN5O3/c1-16-9(2-3-14-16)15-11(18)7-4-6(17(19)20)5-8(12)10(7)13/h2-5H,13H2,1H3,(H,15,18). The number of halogens is 1. The number of rotatable bonds is 3. The van der Waals surface area contributed by atoms with Crippen LogP contribution in [0.2, 0.25) is 5.02 Å². The van der Waals surface area contributed by atoms with Gasteiger partial charge in [0.15, 0.2) is 0 Å². The normalized spacial score (nSPS) is 10.3. The van der Waals surface area contributed by atoms with Crippen molar-refractivity contribution in [2.75, 3.05) is 11.1 Å². The minimum absolute atomic E-state index is 0.0167. The molecule has 2 rings (SSSR count). The van der Waals surface area contributed by atoms with Gasteiger partial charge in [0.25, 0.3) is 11.6 Å². The number of nitrogens with two attached hydrogens (primary N) is 1. The van der Waals surface area contributed by atoms with E-state index in [9.17, 15) is 14.9 Å². The number of nitro groups is 1. The molecule has 9 heteroatoms. The lowest BCUT2D eigenvalue weighted by atomic mass is 10.1. The van der Waals surface area contributed by atoms with Crippen molar-refractivity contribution in [2.45, 2.75) is 0 Å². The third kappa shape index (κ3) is 2.54. The Morgan fingerprint density at radius 2 is 2.25 bits per heavy atom. The number of amides is 1. The van der Waals surface area contributed by atoms with E-state index in [-0.39, 0.29) is 22.0 Å². The van der Waals surface area contributed by atoms with E-state index in [0.29, 0.717) is 5.82 Å². The Hall–Kier alpha value is -2.61. The summed E-state index contributed by atoms with van der Waals surface area (Å²) in [5.74, 6) is -0.172. The lowest BCUT2D eigenvalue weighted by Gasteiger charge is -2.08. The zero-order valence-electron chi connectivity index (χ0n) is 10.3. The number of non-ortho nitro benzene ring substituents is 1. The maximum atomic E-state index is 12.1. The van der Waals surface area contributed by atoms with Crippen LogP contribution in [0.3, 0.4) is 0 Å². The molecule has 0 saturated heterocycles. The van der Waals surface area contributed by atoms with Crippen LogP contribution in [0.1, 0.15) is 10.4 Å². The summed E-state index contributed by atoms with van der Waals surface area (Å²) in [6, 6.07) is 3.75. The quantitative estimate of drug-likeness (QED) is 0.509. The van der Waals surface area contributed by atoms with Crippen molar-refractivity contribution in [3.05, 3.63) is 45.1 Å². The molecule has 0 saturated carbocycles. The van der Waals surface area contributed by atoms with Crippen molar-refractivity contribution >= 4 is 34.7 Å². The predicted octanol–water partition coefficient (Wildman–Crippen LogP) is 1.82. The molecule has 3 N–H and O–H groups in total. The molecular weight excluding hydrogens is 286 g/mol. The van der Waals surface area contributed by atoms with E-state index >= 15 is 0 Å². The van der Waals surface area contributed by atoms with Crippen LogP contribution >= 0.6 is 11.6 Å². The van der Waals surface area contributed by atoms with Gasteiger partial charge in [-0.25, -0.2) is 0 Å². The molecule has 104 valence electrons. The Morgan fingerprint density at radius 1 is 1.55 bits per heavy atom. The van der Waals surface area contributed by atoms with Gasteiger partial charge in [0, 0.05) is 25.2 Å². The second-order valence-electron chi connectivity index (χ2n) is 3.94. The van der Waals surface area contributed by atoms with Crippen LogP contribution in [0.25, 0.3) is 0 Å². The molecule has 1 heterocycles. The average molecular weight is 296 g/mol. The molecule has 0 aliphatic heterocycles. The van der Waals surface area contributed by atoms with Gasteiger partial charge in [0.1, 0.15) is 5.82 Å². The highest BCUT2D eigenvalue weighted by atomic mass is 35.5. The summed E-state index contributed by atoms with van der Waals surface area (Å²) in [7, 11) is 1.64. The zero-order chi connectivity index (χ0) is 14.9. The van der Waals surface area contributed by atoms with E-state index in [0.717, 1.165) is 12.1 Å². The average Bonchev–Trinajstić information content (AvgIpc) is 2.77. The third-order valence-corrected chi connectivity index (χ3v) is 2.94. The Bertz CT molecular complexity index is 697. The second-order valence-corrected chi connectivity index (χ2v) is 4.35. The topological polar surface area (TPSA) is 116 Å². The van der Waals surface area contributed by atoms with Crippen LogP contribution in [0.4, 0.5) is 17.2 Å². The van der Waals surface area contributed by atoms with Gasteiger partial charge in [-0.2, -0.15) is 5.10 Å². The van der Waals surface area contributed by atoms with Gasteiger partial charge < -0.3 is 11.1 Å². The van der Waals surface area contributed by atoms with E-state index < -0.39 is 10.8 Å². The van der Waals surface area contributed by atoms with Gasteiger partial charge in [0.05, 0.1) is 27.4 Å². The number of nitrogens with one attached hydrogen (secondary N) is 1. The van der Waals surface area contributed by atoms with E-state index in [1.165, 1.54) is 10.9 Å². The van der Waals surface area contributed by atoms with E-state index in [4.69, 9.17) is 17.3 Å². The fraction of sp³-hybridized carbons (Fsp3) is 0.0909. The Kier molecular flexibility index (Phi) is 3.57. The maximum absolute atomic E-state index is 12.1. The first-order valence-electron chi connectivity index (χ1n) is 5.43. The van der Waals surface area contributed by atoms with Crippen molar-refractivity contribution in [3.63, 3.8) is 0 Å². The van der Waals surface area contributed by atoms with E-state index in [1.807, 2.05) is 0 Å². The molecule has 0 bridgehead atoms. The molecule has 1 aromatic carbocycles. The van der Waals surface area contributed by atoms with Crippen LogP contribution in [-0.4, -0.2) is 20.6 Å². The van der Waals surface area contributed by atoms with Crippen LogP contribution < -0.4 is 11.1 Å². The van der Waals surface area contributed by atoms with E-state index in [2.05, 4.69) is 10.4 Å². The third-order valence-electron chi connectivity index (χ3n) is 2.63. The number of aryl methyl sites for hydroxylation is 1. The smallest absolute Gasteiger partial charge is 0.271 e. The second kappa shape index (κ2) is 5.17. The van der Waals surface area contributed by atoms with Crippen molar-refractivity contribution in [2.24, 2.45) is 7.05 Å². The summed E-state index contributed by atoms with van der Waals surface area (Å²) in [5, 5.41) is 17.2. The lowest BCUT2D eigenvalue weighted by molar-refractivity contribution is -0.384. The molecule has 0 aliphatic carbocycles. The van der Waals surface area contributed by atoms with Crippen LogP contribution in [0, 0.1) is 10.1 Å². The van der Waals surface area contributed by atoms with Crippen molar-refractivity contribution in [1.29, 1.82) is 0 Å². The summed E-state index contributed by atoms with van der Waals surface area (Å²) in [6.45, 7) is 0. The number of benzene rings is 1. The summed E-state index contributed by atoms with van der Waals surface area (Å²) in [4.78, 5) is 22.2. The van der Waals surface area contributed by atoms with Crippen LogP contribution in [0.5, 0.6) is 0 Å². The minimum atomic E-state index is -0.647. The number of anilines is 2. The van der Waals surface area contributed by atoms with Gasteiger partial charge in [-0.1, -0.05) is 11.6 Å². The molecule has 0 fully saturated rings. The fourth-order valence-electron chi connectivity index (χ4n) is 1.58. The molecular formula is C11H10ClN5O3. The molecule has 0 atom stereocenters. The van der Waals surface area contributed by atoms with Gasteiger partial charge in [-0.05, 0) is 0 Å². The molecule has 8 nitrogen and oxygen atoms in total. The number of carbonyl (C=O) groups excluding carboxylic acids is 1. The molecule has 0 spiro atoms. The van der Waals surface area contributed by atoms with Crippen molar-refractivity contribution in [3.8, 4) is 0 Å². The highest BCUT2D eigenvalue weighted by Crippen LogP contribution is 2.29. The number of hydrogen-bond acceptors (Lipinski definition) is 5. The van der Waals surface area contributed by atoms with Crippen molar-refractivity contribution < 1.29 is 9.72 Å². The number of nitrogens with zero attached hydrogens (tertiary/aromatic N) is 3. The molecule has 0 unspecified atom stereocenters. The van der Waals surface area contributed by atoms with Gasteiger partial charge >= 0.3 is 0 Å². The van der Waals surface area contributed by atoms with Crippen LogP contribution in [-0.2, 0) is 7.05 Å². The number of nitrogen functional groups attached to an aromatic ring is 1. The lowest BCUT2D eigenvalue weighted by Crippen LogP contribution is -2.16. The van der Waals surface area contributed by atoms with Crippen LogP contribution in [0.15, 0.2) is 24.4 Å². The number of hydrogen-bond donors (Lipinski definition) is 2. The number of carbonyl (C=O) groups is 1. The molecule has 0 aliphatic rings. The SMILES string of the molecule is Cn1nccc1NC(=O)c1cc([N+](=O)[O-])cc(Cl)c1N. The highest BCUT2D eigenvalue weighted by Gasteiger charge is 2.19. The first-order valence-corrected chi connectivity index (χ1v) is 5.80. The predicted molar refractivity (Wildman–Crippen MR) is 73.7 cm³/mol. The minimum Gasteiger partial charge on any atom is -0.397 e. The summed E-state index contributed by atoms with van der Waals surface area (Å²) in [5.41, 5.74) is 5.29. The zero-order valence-corrected chi connectivity index (χ0v) is 11.1. The Labute approximate surface area is 118 Å². The monoisotopic (exact) mass is 295 g/mol. The Balaban J connectivity index is 2.39. The maximum Gasteiger partial charge on any atom is 0.271 e. The first-order chi connectivity index (χ1) is 9.40. The van der Waals surface area contributed by atoms with Crippen molar-refractivity contribution in [1.82, 2.24) is 9.78 Å². The fourth-order valence-corrected chi connectivity index (χ4v) is 1.79. The van der Waals surface area contributed by atoms with Gasteiger partial charge in [-0.15, -0.1) is 0 Å². The molecule has 2 aromatic rings. The first kappa shape index (κ1) is 13.8.